The highest BCUT2D eigenvalue weighted by Crippen LogP contribution is 2.36. The van der Waals surface area contributed by atoms with Gasteiger partial charge in [-0.3, -0.25) is 9.59 Å². The second kappa shape index (κ2) is 6.21. The molecule has 3 rings (SSSR count). The molecule has 0 atom stereocenters. The Kier molecular flexibility index (Phi) is 4.11. The van der Waals surface area contributed by atoms with Crippen LogP contribution in [0.15, 0.2) is 28.4 Å². The molecule has 0 spiro atoms. The molecule has 0 fully saturated rings. The molecule has 118 valence electrons. The molecule has 2 amide bonds. The summed E-state index contributed by atoms with van der Waals surface area (Å²) in [6.45, 7) is 0.526. The van der Waals surface area contributed by atoms with Crippen LogP contribution in [0.3, 0.4) is 0 Å². The minimum atomic E-state index is -0.364. The molecule has 1 aromatic carbocycles. The molecule has 0 radical (unpaired) electrons. The molecule has 23 heavy (non-hydrogen) atoms. The molecule has 0 bridgehead atoms. The number of nitrogens with zero attached hydrogens (tertiary/aromatic N) is 2. The molecule has 6 nitrogen and oxygen atoms in total. The summed E-state index contributed by atoms with van der Waals surface area (Å²) in [4.78, 5) is 23.3. The molecule has 0 saturated carbocycles. The van der Waals surface area contributed by atoms with Crippen molar-refractivity contribution in [3.63, 3.8) is 0 Å². The maximum Gasteiger partial charge on any atom is 0.228 e. The molecule has 2 aliphatic heterocycles. The number of hydrogen-bond donors (Lipinski definition) is 2. The molecule has 0 saturated heterocycles. The van der Waals surface area contributed by atoms with Crippen molar-refractivity contribution in [3.05, 3.63) is 29.3 Å². The van der Waals surface area contributed by atoms with Crippen LogP contribution in [-0.2, 0) is 22.4 Å². The third-order valence-electron chi connectivity index (χ3n) is 4.06. The summed E-state index contributed by atoms with van der Waals surface area (Å²) in [5, 5.41) is 13.7. The Morgan fingerprint density at radius 3 is 2.96 bits per heavy atom. The SMILES string of the molecule is C#CCCC1(CCNC(=O)Cc2ccc3c(c2)NC(=O)C3)N=N1. The number of benzene rings is 1. The first-order valence-corrected chi connectivity index (χ1v) is 7.66. The number of terminal acetylenes is 1. The number of anilines is 1. The van der Waals surface area contributed by atoms with Gasteiger partial charge in [-0.1, -0.05) is 12.1 Å². The van der Waals surface area contributed by atoms with Crippen LogP contribution in [-0.4, -0.2) is 24.0 Å². The van der Waals surface area contributed by atoms with E-state index in [1.807, 2.05) is 18.2 Å². The average Bonchev–Trinajstić information content (AvgIpc) is 3.18. The first-order valence-electron chi connectivity index (χ1n) is 7.66. The predicted octanol–water partition coefficient (Wildman–Crippen LogP) is 1.81. The molecular weight excluding hydrogens is 292 g/mol. The van der Waals surface area contributed by atoms with Gasteiger partial charge in [-0.25, -0.2) is 0 Å². The lowest BCUT2D eigenvalue weighted by Gasteiger charge is -2.10. The maximum atomic E-state index is 12.0. The van der Waals surface area contributed by atoms with Crippen LogP contribution in [0.5, 0.6) is 0 Å². The van der Waals surface area contributed by atoms with Crippen LogP contribution in [0, 0.1) is 12.3 Å². The predicted molar refractivity (Wildman–Crippen MR) is 85.8 cm³/mol. The highest BCUT2D eigenvalue weighted by molar-refractivity contribution is 5.99. The second-order valence-electron chi connectivity index (χ2n) is 5.88. The summed E-state index contributed by atoms with van der Waals surface area (Å²) in [6.07, 6.45) is 8.00. The largest absolute Gasteiger partial charge is 0.356 e. The number of hydrogen-bond acceptors (Lipinski definition) is 4. The molecule has 2 N–H and O–H groups in total. The highest BCUT2D eigenvalue weighted by Gasteiger charge is 2.38. The van der Waals surface area contributed by atoms with Crippen LogP contribution < -0.4 is 10.6 Å². The first-order chi connectivity index (χ1) is 11.1. The van der Waals surface area contributed by atoms with Gasteiger partial charge in [0.25, 0.3) is 0 Å². The van der Waals surface area contributed by atoms with E-state index >= 15 is 0 Å². The van der Waals surface area contributed by atoms with E-state index in [0.29, 0.717) is 25.8 Å². The van der Waals surface area contributed by atoms with Crippen LogP contribution in [0.1, 0.15) is 30.4 Å². The zero-order chi connectivity index (χ0) is 16.3. The monoisotopic (exact) mass is 310 g/mol. The fourth-order valence-corrected chi connectivity index (χ4v) is 2.69. The van der Waals surface area contributed by atoms with Crippen LogP contribution in [0.25, 0.3) is 0 Å². The number of carbonyl (C=O) groups excluding carboxylic acids is 2. The second-order valence-corrected chi connectivity index (χ2v) is 5.88. The van der Waals surface area contributed by atoms with Gasteiger partial charge in [0.1, 0.15) is 0 Å². The first kappa shape index (κ1) is 15.2. The Balaban J connectivity index is 1.44. The van der Waals surface area contributed by atoms with Gasteiger partial charge in [0, 0.05) is 31.5 Å². The zero-order valence-electron chi connectivity index (χ0n) is 12.8. The third kappa shape index (κ3) is 3.75. The summed E-state index contributed by atoms with van der Waals surface area (Å²) < 4.78 is 0. The van der Waals surface area contributed by atoms with Crippen molar-refractivity contribution in [2.24, 2.45) is 10.2 Å². The Labute approximate surface area is 134 Å². The molecule has 6 heteroatoms. The van der Waals surface area contributed by atoms with Gasteiger partial charge in [-0.15, -0.1) is 12.3 Å². The van der Waals surface area contributed by atoms with Crippen molar-refractivity contribution >= 4 is 17.5 Å². The van der Waals surface area contributed by atoms with E-state index in [4.69, 9.17) is 6.42 Å². The van der Waals surface area contributed by atoms with E-state index in [2.05, 4.69) is 26.8 Å². The normalized spacial score (nSPS) is 16.4. The van der Waals surface area contributed by atoms with Gasteiger partial charge < -0.3 is 10.6 Å². The fraction of sp³-hybridized carbons (Fsp3) is 0.412. The number of rotatable bonds is 7. The van der Waals surface area contributed by atoms with Gasteiger partial charge in [-0.2, -0.15) is 10.2 Å². The van der Waals surface area contributed by atoms with E-state index in [1.54, 1.807) is 0 Å². The Hall–Kier alpha value is -2.68. The summed E-state index contributed by atoms with van der Waals surface area (Å²) in [5.74, 6) is 2.52. The molecular formula is C17H18N4O2. The minimum Gasteiger partial charge on any atom is -0.356 e. The van der Waals surface area contributed by atoms with Crippen molar-refractivity contribution in [2.75, 3.05) is 11.9 Å². The van der Waals surface area contributed by atoms with E-state index in [9.17, 15) is 9.59 Å². The maximum absolute atomic E-state index is 12.0. The van der Waals surface area contributed by atoms with Crippen molar-refractivity contribution in [1.29, 1.82) is 0 Å². The summed E-state index contributed by atoms with van der Waals surface area (Å²) in [7, 11) is 0. The van der Waals surface area contributed by atoms with E-state index in [0.717, 1.165) is 23.2 Å². The number of amides is 2. The van der Waals surface area contributed by atoms with Gasteiger partial charge in [-0.05, 0) is 17.2 Å². The van der Waals surface area contributed by atoms with Crippen LogP contribution in [0.2, 0.25) is 0 Å². The molecule has 0 unspecified atom stereocenters. The lowest BCUT2D eigenvalue weighted by Crippen LogP contribution is -2.29. The van der Waals surface area contributed by atoms with Crippen molar-refractivity contribution < 1.29 is 9.59 Å². The standard InChI is InChI=1S/C17H18N4O2/c1-2-3-6-17(20-21-17)7-8-18-15(22)10-12-4-5-13-11-16(23)19-14(13)9-12/h1,4-5,9H,3,6-8,10-11H2,(H,18,22)(H,19,23). The van der Waals surface area contributed by atoms with Crippen molar-refractivity contribution in [1.82, 2.24) is 5.32 Å². The number of nitrogens with one attached hydrogen (secondary N) is 2. The van der Waals surface area contributed by atoms with Gasteiger partial charge >= 0.3 is 0 Å². The molecule has 2 heterocycles. The third-order valence-corrected chi connectivity index (χ3v) is 4.06. The van der Waals surface area contributed by atoms with Crippen molar-refractivity contribution in [2.45, 2.75) is 37.8 Å². The molecule has 0 aromatic heterocycles. The molecule has 0 aliphatic carbocycles. The van der Waals surface area contributed by atoms with Gasteiger partial charge in [0.05, 0.1) is 12.8 Å². The van der Waals surface area contributed by atoms with Gasteiger partial charge in [0.15, 0.2) is 5.66 Å². The number of fused-ring (bicyclic) bond motifs is 1. The van der Waals surface area contributed by atoms with Crippen LogP contribution >= 0.6 is 0 Å². The minimum absolute atomic E-state index is 0.00389. The van der Waals surface area contributed by atoms with Crippen LogP contribution in [0.4, 0.5) is 5.69 Å². The quantitative estimate of drug-likeness (QED) is 0.753. The topological polar surface area (TPSA) is 82.9 Å². The Bertz CT molecular complexity index is 712. The lowest BCUT2D eigenvalue weighted by atomic mass is 10.0. The Morgan fingerprint density at radius 2 is 2.22 bits per heavy atom. The van der Waals surface area contributed by atoms with E-state index in [1.165, 1.54) is 0 Å². The average molecular weight is 310 g/mol. The molecule has 1 aromatic rings. The number of carbonyl (C=O) groups is 2. The fourth-order valence-electron chi connectivity index (χ4n) is 2.69. The summed E-state index contributed by atoms with van der Waals surface area (Å²) in [5.41, 5.74) is 2.30. The summed E-state index contributed by atoms with van der Waals surface area (Å²) >= 11 is 0. The smallest absolute Gasteiger partial charge is 0.228 e. The lowest BCUT2D eigenvalue weighted by molar-refractivity contribution is -0.120. The molecule has 2 aliphatic rings. The highest BCUT2D eigenvalue weighted by atomic mass is 16.2. The van der Waals surface area contributed by atoms with Crippen molar-refractivity contribution in [3.8, 4) is 12.3 Å². The summed E-state index contributed by atoms with van der Waals surface area (Å²) in [6, 6.07) is 5.64. The van der Waals surface area contributed by atoms with Gasteiger partial charge in [0.2, 0.25) is 11.8 Å². The Morgan fingerprint density at radius 1 is 1.39 bits per heavy atom. The van der Waals surface area contributed by atoms with E-state index < -0.39 is 0 Å². The van der Waals surface area contributed by atoms with E-state index in [-0.39, 0.29) is 23.9 Å². The zero-order valence-corrected chi connectivity index (χ0v) is 12.8.